The summed E-state index contributed by atoms with van der Waals surface area (Å²) in [5.41, 5.74) is 1.82. The number of rotatable bonds is 8. The van der Waals surface area contributed by atoms with Crippen LogP contribution in [0.3, 0.4) is 0 Å². The lowest BCUT2D eigenvalue weighted by molar-refractivity contribution is -0.148. The number of halogens is 3. The van der Waals surface area contributed by atoms with Crippen LogP contribution in [-0.2, 0) is 23.5 Å². The highest BCUT2D eigenvalue weighted by molar-refractivity contribution is 7.89. The van der Waals surface area contributed by atoms with Crippen molar-refractivity contribution in [1.29, 1.82) is 0 Å². The molecule has 37 heavy (non-hydrogen) atoms. The van der Waals surface area contributed by atoms with Crippen LogP contribution in [0.5, 0.6) is 5.75 Å². The molecule has 1 aliphatic rings. The molecule has 0 spiro atoms. The highest BCUT2D eigenvalue weighted by atomic mass is 32.2. The lowest BCUT2D eigenvalue weighted by Gasteiger charge is -2.34. The summed E-state index contributed by atoms with van der Waals surface area (Å²) in [6, 6.07) is 4.30. The number of fused-ring (bicyclic) bond motifs is 1. The van der Waals surface area contributed by atoms with E-state index < -0.39 is 22.7 Å². The fourth-order valence-corrected chi connectivity index (χ4v) is 6.07. The first-order valence-electron chi connectivity index (χ1n) is 12.1. The van der Waals surface area contributed by atoms with E-state index in [1.807, 2.05) is 13.1 Å². The molecule has 1 aromatic carbocycles. The maximum Gasteiger partial charge on any atom is 0.401 e. The Balaban J connectivity index is 1.72. The van der Waals surface area contributed by atoms with Gasteiger partial charge in [-0.2, -0.15) is 17.5 Å². The third-order valence-corrected chi connectivity index (χ3v) is 8.19. The first-order chi connectivity index (χ1) is 17.4. The van der Waals surface area contributed by atoms with Gasteiger partial charge in [-0.3, -0.25) is 9.69 Å². The van der Waals surface area contributed by atoms with Crippen LogP contribution in [-0.4, -0.2) is 77.7 Å². The number of aromatic nitrogens is 3. The van der Waals surface area contributed by atoms with Crippen molar-refractivity contribution in [2.24, 2.45) is 7.05 Å². The number of sulfonamides is 1. The van der Waals surface area contributed by atoms with Crippen molar-refractivity contribution in [3.8, 4) is 17.1 Å². The number of benzene rings is 1. The third kappa shape index (κ3) is 5.68. The standard InChI is InChI=1S/C24H30F3N5O4S/c1-4-6-16-14-30(3)21-20(16)28-22(29-23(21)33)18-13-17(7-8-19(18)36-5-2)37(34,35)32-11-9-31(10-12-32)15-24(25,26)27/h7-8,13-14H,4-6,9-12,15H2,1-3H3,(H,28,29,33). The van der Waals surface area contributed by atoms with E-state index in [1.54, 1.807) is 18.5 Å². The van der Waals surface area contributed by atoms with Crippen molar-refractivity contribution in [2.75, 3.05) is 39.3 Å². The molecule has 0 atom stereocenters. The second-order valence-electron chi connectivity index (χ2n) is 9.01. The largest absolute Gasteiger partial charge is 0.493 e. The molecule has 0 unspecified atom stereocenters. The Bertz CT molecular complexity index is 1440. The zero-order chi connectivity index (χ0) is 27.0. The van der Waals surface area contributed by atoms with Crippen LogP contribution < -0.4 is 10.3 Å². The Morgan fingerprint density at radius 2 is 1.84 bits per heavy atom. The molecule has 13 heteroatoms. The topological polar surface area (TPSA) is 101 Å². The summed E-state index contributed by atoms with van der Waals surface area (Å²) >= 11 is 0. The van der Waals surface area contributed by atoms with E-state index in [2.05, 4.69) is 4.98 Å². The van der Waals surface area contributed by atoms with Gasteiger partial charge in [0.2, 0.25) is 10.0 Å². The Labute approximate surface area is 212 Å². The second kappa shape index (κ2) is 10.5. The number of alkyl halides is 3. The number of nitrogens with one attached hydrogen (secondary N) is 1. The minimum atomic E-state index is -4.34. The molecular formula is C24H30F3N5O4S. The van der Waals surface area contributed by atoms with E-state index in [0.717, 1.165) is 18.4 Å². The van der Waals surface area contributed by atoms with Gasteiger partial charge < -0.3 is 14.3 Å². The fraction of sp³-hybridized carbons (Fsp3) is 0.500. The molecule has 3 heterocycles. The van der Waals surface area contributed by atoms with Gasteiger partial charge in [0.05, 0.1) is 29.1 Å². The fourth-order valence-electron chi connectivity index (χ4n) is 4.62. The summed E-state index contributed by atoms with van der Waals surface area (Å²) in [6.07, 6.45) is -0.897. The van der Waals surface area contributed by atoms with E-state index in [-0.39, 0.29) is 42.5 Å². The predicted octanol–water partition coefficient (Wildman–Crippen LogP) is 3.15. The smallest absolute Gasteiger partial charge is 0.401 e. The zero-order valence-corrected chi connectivity index (χ0v) is 21.7. The van der Waals surface area contributed by atoms with Gasteiger partial charge in [0.1, 0.15) is 17.1 Å². The number of nitrogens with zero attached hydrogens (tertiary/aromatic N) is 4. The third-order valence-electron chi connectivity index (χ3n) is 6.30. The number of aryl methyl sites for hydroxylation is 2. The molecule has 0 bridgehead atoms. The van der Waals surface area contributed by atoms with E-state index in [1.165, 1.54) is 27.4 Å². The predicted molar refractivity (Wildman–Crippen MR) is 133 cm³/mol. The van der Waals surface area contributed by atoms with Crippen molar-refractivity contribution >= 4 is 21.1 Å². The average Bonchev–Trinajstić information content (AvgIpc) is 3.14. The number of hydrogen-bond donors (Lipinski definition) is 1. The van der Waals surface area contributed by atoms with E-state index in [9.17, 15) is 26.4 Å². The van der Waals surface area contributed by atoms with Crippen LogP contribution in [0.4, 0.5) is 13.2 Å². The maximum atomic E-state index is 13.4. The van der Waals surface area contributed by atoms with Crippen molar-refractivity contribution in [3.63, 3.8) is 0 Å². The van der Waals surface area contributed by atoms with Gasteiger partial charge in [-0.25, -0.2) is 13.4 Å². The van der Waals surface area contributed by atoms with Crippen LogP contribution >= 0.6 is 0 Å². The molecule has 4 rings (SSSR count). The van der Waals surface area contributed by atoms with Crippen molar-refractivity contribution < 1.29 is 26.3 Å². The lowest BCUT2D eigenvalue weighted by atomic mass is 10.1. The molecule has 202 valence electrons. The molecule has 0 radical (unpaired) electrons. The second-order valence-corrected chi connectivity index (χ2v) is 11.0. The van der Waals surface area contributed by atoms with E-state index >= 15 is 0 Å². The first kappa shape index (κ1) is 27.1. The lowest BCUT2D eigenvalue weighted by Crippen LogP contribution is -2.50. The highest BCUT2D eigenvalue weighted by Gasteiger charge is 2.35. The molecular weight excluding hydrogens is 511 g/mol. The van der Waals surface area contributed by atoms with Crippen LogP contribution in [0.25, 0.3) is 22.4 Å². The minimum absolute atomic E-state index is 0.0254. The number of ether oxygens (including phenoxy) is 1. The summed E-state index contributed by atoms with van der Waals surface area (Å²) in [4.78, 5) is 21.6. The summed E-state index contributed by atoms with van der Waals surface area (Å²) in [7, 11) is -2.24. The molecule has 1 fully saturated rings. The van der Waals surface area contributed by atoms with Crippen LogP contribution in [0, 0.1) is 0 Å². The summed E-state index contributed by atoms with van der Waals surface area (Å²) < 4.78 is 73.6. The van der Waals surface area contributed by atoms with Gasteiger partial charge in [0.25, 0.3) is 5.56 Å². The number of aromatic amines is 1. The molecule has 3 aromatic rings. The van der Waals surface area contributed by atoms with Crippen molar-refractivity contribution in [3.05, 3.63) is 40.3 Å². The number of H-pyrrole nitrogens is 1. The molecule has 0 amide bonds. The van der Waals surface area contributed by atoms with E-state index in [4.69, 9.17) is 9.72 Å². The van der Waals surface area contributed by atoms with Crippen LogP contribution in [0.2, 0.25) is 0 Å². The van der Waals surface area contributed by atoms with Gasteiger partial charge >= 0.3 is 6.18 Å². The molecule has 1 N–H and O–H groups in total. The van der Waals surface area contributed by atoms with Gasteiger partial charge in [0.15, 0.2) is 0 Å². The Hall–Kier alpha value is -2.90. The Morgan fingerprint density at radius 3 is 2.46 bits per heavy atom. The normalized spacial score (nSPS) is 15.9. The average molecular weight is 542 g/mol. The summed E-state index contributed by atoms with van der Waals surface area (Å²) in [5.74, 6) is 0.531. The SMILES string of the molecule is CCCc1cn(C)c2c(=O)[nH]c(-c3cc(S(=O)(=O)N4CCN(CC(F)(F)F)CC4)ccc3OCC)nc12. The number of hydrogen-bond acceptors (Lipinski definition) is 6. The van der Waals surface area contributed by atoms with E-state index in [0.29, 0.717) is 29.0 Å². The summed E-state index contributed by atoms with van der Waals surface area (Å²) in [6.45, 7) is 2.86. The number of piperazine rings is 1. The molecule has 1 aliphatic heterocycles. The molecule has 9 nitrogen and oxygen atoms in total. The monoisotopic (exact) mass is 541 g/mol. The van der Waals surface area contributed by atoms with Crippen molar-refractivity contribution in [1.82, 2.24) is 23.7 Å². The Kier molecular flexibility index (Phi) is 7.67. The maximum absolute atomic E-state index is 13.4. The van der Waals surface area contributed by atoms with Gasteiger partial charge in [-0.05, 0) is 37.1 Å². The van der Waals surface area contributed by atoms with Gasteiger partial charge in [0, 0.05) is 39.4 Å². The van der Waals surface area contributed by atoms with Crippen molar-refractivity contribution in [2.45, 2.75) is 37.8 Å². The molecule has 0 aliphatic carbocycles. The molecule has 0 saturated carbocycles. The molecule has 2 aromatic heterocycles. The van der Waals surface area contributed by atoms with Crippen LogP contribution in [0.1, 0.15) is 25.8 Å². The minimum Gasteiger partial charge on any atom is -0.493 e. The first-order valence-corrected chi connectivity index (χ1v) is 13.5. The quantitative estimate of drug-likeness (QED) is 0.470. The van der Waals surface area contributed by atoms with Gasteiger partial charge in [-0.1, -0.05) is 13.3 Å². The Morgan fingerprint density at radius 1 is 1.14 bits per heavy atom. The molecule has 1 saturated heterocycles. The van der Waals surface area contributed by atoms with Gasteiger partial charge in [-0.15, -0.1) is 0 Å². The zero-order valence-electron chi connectivity index (χ0n) is 20.9. The highest BCUT2D eigenvalue weighted by Crippen LogP contribution is 2.32. The summed E-state index contributed by atoms with van der Waals surface area (Å²) in [5, 5.41) is 0. The van der Waals surface area contributed by atoms with Crippen LogP contribution in [0.15, 0.2) is 34.1 Å².